The molecule has 0 aliphatic heterocycles. The molecular formula is C17H41N3Si. The predicted octanol–water partition coefficient (Wildman–Crippen LogP) is 2.62. The van der Waals surface area contributed by atoms with Crippen LogP contribution < -0.4 is 0 Å². The maximum absolute atomic E-state index is 2.35. The molecule has 0 N–H and O–H groups in total. The van der Waals surface area contributed by atoms with Gasteiger partial charge < -0.3 is 0 Å². The smallest absolute Gasteiger partial charge is 0.129 e. The summed E-state index contributed by atoms with van der Waals surface area (Å²) in [4.78, 5) is 7.04. The van der Waals surface area contributed by atoms with Crippen LogP contribution in [0.4, 0.5) is 0 Å². The van der Waals surface area contributed by atoms with Gasteiger partial charge in [-0.3, -0.25) is 14.7 Å². The fourth-order valence-electron chi connectivity index (χ4n) is 3.54. The van der Waals surface area contributed by atoms with E-state index in [1.165, 1.54) is 74.1 Å². The van der Waals surface area contributed by atoms with Gasteiger partial charge in [-0.2, -0.15) is 0 Å². The molecule has 0 unspecified atom stereocenters. The standard InChI is InChI=1S/C17H41N3Si/c1-18(2)17(19(3)4,20(5)6)15-13-11-9-7-8-10-12-14-16-21/h7-16H2,1-6,21H3. The third-order valence-corrected chi connectivity index (χ3v) is 5.47. The van der Waals surface area contributed by atoms with Crippen molar-refractivity contribution < 1.29 is 0 Å². The highest BCUT2D eigenvalue weighted by Crippen LogP contribution is 2.25. The Morgan fingerprint density at radius 1 is 0.571 bits per heavy atom. The van der Waals surface area contributed by atoms with E-state index in [-0.39, 0.29) is 5.79 Å². The van der Waals surface area contributed by atoms with E-state index in [0.29, 0.717) is 0 Å². The Labute approximate surface area is 137 Å². The van der Waals surface area contributed by atoms with Crippen LogP contribution in [0.2, 0.25) is 6.04 Å². The third-order valence-electron chi connectivity index (χ3n) is 4.76. The van der Waals surface area contributed by atoms with Gasteiger partial charge in [0.1, 0.15) is 5.79 Å². The summed E-state index contributed by atoms with van der Waals surface area (Å²) in [5.41, 5.74) is 0. The van der Waals surface area contributed by atoms with Gasteiger partial charge in [-0.1, -0.05) is 51.0 Å². The van der Waals surface area contributed by atoms with Gasteiger partial charge in [0.15, 0.2) is 0 Å². The van der Waals surface area contributed by atoms with Crippen LogP contribution in [0.3, 0.4) is 0 Å². The van der Waals surface area contributed by atoms with Crippen molar-refractivity contribution >= 4 is 10.2 Å². The van der Waals surface area contributed by atoms with Gasteiger partial charge in [-0.25, -0.2) is 0 Å². The Bertz CT molecular complexity index is 220. The zero-order valence-electron chi connectivity index (χ0n) is 15.9. The Morgan fingerprint density at radius 2 is 0.905 bits per heavy atom. The van der Waals surface area contributed by atoms with Crippen LogP contribution in [0.5, 0.6) is 0 Å². The summed E-state index contributed by atoms with van der Waals surface area (Å²) in [5.74, 6) is 0.0466. The molecule has 128 valence electrons. The lowest BCUT2D eigenvalue weighted by Crippen LogP contribution is -2.63. The molecule has 0 rings (SSSR count). The van der Waals surface area contributed by atoms with Crippen molar-refractivity contribution in [3.8, 4) is 0 Å². The summed E-state index contributed by atoms with van der Waals surface area (Å²) < 4.78 is 0. The van der Waals surface area contributed by atoms with Crippen molar-refractivity contribution in [2.24, 2.45) is 0 Å². The molecule has 0 spiro atoms. The maximum Gasteiger partial charge on any atom is 0.129 e. The molecule has 0 aliphatic carbocycles. The predicted molar refractivity (Wildman–Crippen MR) is 100 cm³/mol. The number of unbranched alkanes of at least 4 members (excludes halogenated alkanes) is 7. The van der Waals surface area contributed by atoms with E-state index in [1.54, 1.807) is 0 Å². The highest BCUT2D eigenvalue weighted by molar-refractivity contribution is 6.08. The molecule has 21 heavy (non-hydrogen) atoms. The van der Waals surface area contributed by atoms with Gasteiger partial charge in [0.2, 0.25) is 0 Å². The SMILES string of the molecule is CN(C)C(CCCCCCCCCC[SiH3])(N(C)C)N(C)C. The molecule has 0 heterocycles. The molecule has 4 heteroatoms. The van der Waals surface area contributed by atoms with E-state index in [1.807, 2.05) is 0 Å². The average Bonchev–Trinajstić information content (AvgIpc) is 2.39. The maximum atomic E-state index is 2.35. The third kappa shape index (κ3) is 7.27. The average molecular weight is 316 g/mol. The van der Waals surface area contributed by atoms with Gasteiger partial charge in [-0.05, 0) is 55.1 Å². The first kappa shape index (κ1) is 21.1. The van der Waals surface area contributed by atoms with E-state index >= 15 is 0 Å². The minimum Gasteiger partial charge on any atom is -0.279 e. The van der Waals surface area contributed by atoms with Gasteiger partial charge in [-0.15, -0.1) is 0 Å². The van der Waals surface area contributed by atoms with Crippen molar-refractivity contribution in [2.75, 3.05) is 42.3 Å². The quantitative estimate of drug-likeness (QED) is 0.294. The van der Waals surface area contributed by atoms with Crippen molar-refractivity contribution in [3.63, 3.8) is 0 Å². The van der Waals surface area contributed by atoms with Crippen molar-refractivity contribution in [3.05, 3.63) is 0 Å². The second kappa shape index (κ2) is 11.6. The molecule has 0 aromatic rings. The van der Waals surface area contributed by atoms with Crippen LogP contribution in [0.25, 0.3) is 0 Å². The van der Waals surface area contributed by atoms with Crippen LogP contribution >= 0.6 is 0 Å². The monoisotopic (exact) mass is 315 g/mol. The Kier molecular flexibility index (Phi) is 11.7. The van der Waals surface area contributed by atoms with E-state index in [9.17, 15) is 0 Å². The molecular weight excluding hydrogens is 274 g/mol. The lowest BCUT2D eigenvalue weighted by Gasteiger charge is -2.50. The molecule has 0 amide bonds. The fraction of sp³-hybridized carbons (Fsp3) is 1.00. The summed E-state index contributed by atoms with van der Waals surface area (Å²) >= 11 is 0. The van der Waals surface area contributed by atoms with Crippen molar-refractivity contribution in [1.82, 2.24) is 14.7 Å². The van der Waals surface area contributed by atoms with E-state index in [4.69, 9.17) is 0 Å². The highest BCUT2D eigenvalue weighted by atomic mass is 28.1. The van der Waals surface area contributed by atoms with Gasteiger partial charge >= 0.3 is 0 Å². The van der Waals surface area contributed by atoms with Gasteiger partial charge in [0.05, 0.1) is 0 Å². The molecule has 0 radical (unpaired) electrons. The van der Waals surface area contributed by atoms with Crippen molar-refractivity contribution in [2.45, 2.75) is 69.6 Å². The van der Waals surface area contributed by atoms with Gasteiger partial charge in [0, 0.05) is 10.2 Å². The lowest BCUT2D eigenvalue weighted by molar-refractivity contribution is -0.115. The van der Waals surface area contributed by atoms with E-state index in [0.717, 1.165) is 0 Å². The second-order valence-electron chi connectivity index (χ2n) is 7.04. The fourth-order valence-corrected chi connectivity index (χ4v) is 4.04. The lowest BCUT2D eigenvalue weighted by atomic mass is 10.0. The zero-order valence-corrected chi connectivity index (χ0v) is 17.9. The number of hydrogen-bond acceptors (Lipinski definition) is 3. The van der Waals surface area contributed by atoms with Crippen LogP contribution in [0.1, 0.15) is 57.8 Å². The number of hydrogen-bond donors (Lipinski definition) is 0. The molecule has 0 atom stereocenters. The molecule has 3 nitrogen and oxygen atoms in total. The van der Waals surface area contributed by atoms with Crippen LogP contribution in [-0.2, 0) is 0 Å². The van der Waals surface area contributed by atoms with Gasteiger partial charge in [0.25, 0.3) is 0 Å². The summed E-state index contributed by atoms with van der Waals surface area (Å²) in [6, 6.07) is 1.49. The van der Waals surface area contributed by atoms with E-state index < -0.39 is 0 Å². The minimum atomic E-state index is 0.0466. The first-order valence-electron chi connectivity index (χ1n) is 8.91. The van der Waals surface area contributed by atoms with Crippen LogP contribution in [0, 0.1) is 0 Å². The molecule has 0 saturated carbocycles. The van der Waals surface area contributed by atoms with E-state index in [2.05, 4.69) is 57.0 Å². The molecule has 0 aromatic carbocycles. The summed E-state index contributed by atoms with van der Waals surface area (Å²) in [7, 11) is 14.5. The Hall–Kier alpha value is 0.0969. The zero-order chi connectivity index (χ0) is 16.3. The number of nitrogens with zero attached hydrogens (tertiary/aromatic N) is 3. The van der Waals surface area contributed by atoms with Crippen LogP contribution in [-0.4, -0.2) is 73.0 Å². The first-order valence-corrected chi connectivity index (χ1v) is 10.3. The van der Waals surface area contributed by atoms with Crippen LogP contribution in [0.15, 0.2) is 0 Å². The topological polar surface area (TPSA) is 9.72 Å². The molecule has 0 aromatic heterocycles. The first-order chi connectivity index (χ1) is 9.89. The minimum absolute atomic E-state index is 0.0466. The largest absolute Gasteiger partial charge is 0.279 e. The molecule has 0 saturated heterocycles. The Morgan fingerprint density at radius 3 is 1.24 bits per heavy atom. The van der Waals surface area contributed by atoms with Crippen molar-refractivity contribution in [1.29, 1.82) is 0 Å². The summed E-state index contributed by atoms with van der Waals surface area (Å²) in [6.07, 6.45) is 12.6. The summed E-state index contributed by atoms with van der Waals surface area (Å²) in [6.45, 7) is 0. The second-order valence-corrected chi connectivity index (χ2v) is 8.04. The molecule has 0 fully saturated rings. The Balaban J connectivity index is 3.95. The molecule has 0 aliphatic rings. The molecule has 0 bridgehead atoms. The normalized spacial score (nSPS) is 13.0. The number of rotatable bonds is 13. The summed E-state index contributed by atoms with van der Waals surface area (Å²) in [5, 5.41) is 0. The highest BCUT2D eigenvalue weighted by Gasteiger charge is 2.36.